The predicted octanol–water partition coefficient (Wildman–Crippen LogP) is 3.13. The summed E-state index contributed by atoms with van der Waals surface area (Å²) in [5.74, 6) is 0. The Bertz CT molecular complexity index is 348. The molecule has 0 radical (unpaired) electrons. The Balaban J connectivity index is 2.01. The van der Waals surface area contributed by atoms with E-state index in [9.17, 15) is 0 Å². The van der Waals surface area contributed by atoms with Gasteiger partial charge in [-0.25, -0.2) is 0 Å². The standard InChI is InChI=1S/C11H13BrN2Se/c12-9-3-5-10(6-4-9)14-11-13-7-1-2-8-15-11/h3-6H,1-2,7-8H2,(H,13,14). The molecule has 0 spiro atoms. The van der Waals surface area contributed by atoms with Crippen molar-refractivity contribution in [2.24, 2.45) is 4.99 Å². The number of benzene rings is 1. The molecule has 0 atom stereocenters. The zero-order chi connectivity index (χ0) is 10.5. The fraction of sp³-hybridized carbons (Fsp3) is 0.364. The zero-order valence-electron chi connectivity index (χ0n) is 8.37. The Hall–Kier alpha value is -0.311. The molecule has 0 bridgehead atoms. The Morgan fingerprint density at radius 3 is 2.80 bits per heavy atom. The van der Waals surface area contributed by atoms with E-state index in [1.54, 1.807) is 0 Å². The molecule has 0 unspecified atom stereocenters. The molecule has 0 aliphatic carbocycles. The van der Waals surface area contributed by atoms with Crippen LogP contribution in [0, 0.1) is 0 Å². The summed E-state index contributed by atoms with van der Waals surface area (Å²) in [6, 6.07) is 8.25. The van der Waals surface area contributed by atoms with E-state index < -0.39 is 0 Å². The van der Waals surface area contributed by atoms with Crippen molar-refractivity contribution in [3.8, 4) is 0 Å². The van der Waals surface area contributed by atoms with Gasteiger partial charge in [-0.3, -0.25) is 0 Å². The molecule has 1 aromatic carbocycles. The van der Waals surface area contributed by atoms with Crippen molar-refractivity contribution in [2.45, 2.75) is 18.2 Å². The number of hydrogen-bond acceptors (Lipinski definition) is 2. The van der Waals surface area contributed by atoms with Gasteiger partial charge in [0.15, 0.2) is 0 Å². The van der Waals surface area contributed by atoms with E-state index in [0.717, 1.165) is 16.7 Å². The third-order valence-corrected chi connectivity index (χ3v) is 4.76. The molecular formula is C11H13BrN2Se. The van der Waals surface area contributed by atoms with Gasteiger partial charge in [-0.1, -0.05) is 0 Å². The van der Waals surface area contributed by atoms with Crippen LogP contribution in [-0.4, -0.2) is 26.2 Å². The van der Waals surface area contributed by atoms with E-state index >= 15 is 0 Å². The fourth-order valence-corrected chi connectivity index (χ4v) is 3.52. The van der Waals surface area contributed by atoms with Crippen LogP contribution in [0.25, 0.3) is 0 Å². The van der Waals surface area contributed by atoms with Gasteiger partial charge >= 0.3 is 105 Å². The number of aliphatic imine (C=N–C) groups is 1. The second-order valence-electron chi connectivity index (χ2n) is 3.37. The van der Waals surface area contributed by atoms with E-state index in [0.29, 0.717) is 15.0 Å². The quantitative estimate of drug-likeness (QED) is 0.785. The monoisotopic (exact) mass is 332 g/mol. The normalized spacial score (nSPS) is 16.7. The van der Waals surface area contributed by atoms with E-state index in [1.807, 2.05) is 12.1 Å². The van der Waals surface area contributed by atoms with E-state index in [2.05, 4.69) is 38.4 Å². The molecule has 1 heterocycles. The van der Waals surface area contributed by atoms with Crippen LogP contribution in [0.15, 0.2) is 33.7 Å². The molecule has 1 N–H and O–H groups in total. The number of rotatable bonds is 1. The van der Waals surface area contributed by atoms with Gasteiger partial charge in [-0.15, -0.1) is 0 Å². The van der Waals surface area contributed by atoms with Gasteiger partial charge < -0.3 is 0 Å². The summed E-state index contributed by atoms with van der Waals surface area (Å²) >= 11 is 3.96. The fourth-order valence-electron chi connectivity index (χ4n) is 1.34. The van der Waals surface area contributed by atoms with Crippen molar-refractivity contribution in [3.63, 3.8) is 0 Å². The van der Waals surface area contributed by atoms with Gasteiger partial charge in [0, 0.05) is 0 Å². The van der Waals surface area contributed by atoms with Crippen LogP contribution < -0.4 is 5.32 Å². The maximum atomic E-state index is 4.56. The van der Waals surface area contributed by atoms with Crippen LogP contribution in [0.1, 0.15) is 12.8 Å². The minimum absolute atomic E-state index is 0.531. The summed E-state index contributed by atoms with van der Waals surface area (Å²) in [5, 5.41) is 4.72. The molecule has 1 aliphatic rings. The molecule has 80 valence electrons. The van der Waals surface area contributed by atoms with E-state index in [4.69, 9.17) is 0 Å². The molecule has 0 aromatic heterocycles. The van der Waals surface area contributed by atoms with Crippen molar-refractivity contribution in [1.29, 1.82) is 0 Å². The predicted molar refractivity (Wildman–Crippen MR) is 69.9 cm³/mol. The summed E-state index contributed by atoms with van der Waals surface area (Å²) in [6.07, 6.45) is 2.57. The molecule has 1 aliphatic heterocycles. The number of halogens is 1. The average molecular weight is 332 g/mol. The van der Waals surface area contributed by atoms with Crippen LogP contribution in [0.4, 0.5) is 5.69 Å². The second-order valence-corrected chi connectivity index (χ2v) is 6.56. The van der Waals surface area contributed by atoms with Crippen molar-refractivity contribution in [1.82, 2.24) is 0 Å². The second kappa shape index (κ2) is 5.69. The Morgan fingerprint density at radius 2 is 2.00 bits per heavy atom. The first kappa shape index (κ1) is 11.2. The zero-order valence-corrected chi connectivity index (χ0v) is 11.7. The summed E-state index contributed by atoms with van der Waals surface area (Å²) in [4.78, 5) is 4.56. The van der Waals surface area contributed by atoms with Crippen molar-refractivity contribution < 1.29 is 0 Å². The first-order valence-corrected chi connectivity index (χ1v) is 7.90. The number of anilines is 1. The van der Waals surface area contributed by atoms with Crippen LogP contribution >= 0.6 is 15.9 Å². The Kier molecular flexibility index (Phi) is 4.24. The van der Waals surface area contributed by atoms with Crippen LogP contribution in [0.2, 0.25) is 5.32 Å². The summed E-state index contributed by atoms with van der Waals surface area (Å²) in [6.45, 7) is 0.987. The Labute approximate surface area is 105 Å². The van der Waals surface area contributed by atoms with E-state index in [-0.39, 0.29) is 0 Å². The molecule has 2 nitrogen and oxygen atoms in total. The van der Waals surface area contributed by atoms with Crippen molar-refractivity contribution >= 4 is 41.3 Å². The van der Waals surface area contributed by atoms with E-state index in [1.165, 1.54) is 22.9 Å². The molecule has 0 fully saturated rings. The van der Waals surface area contributed by atoms with Crippen molar-refractivity contribution in [2.75, 3.05) is 11.9 Å². The maximum absolute atomic E-state index is 4.56. The van der Waals surface area contributed by atoms with Gasteiger partial charge in [0.1, 0.15) is 0 Å². The Morgan fingerprint density at radius 1 is 1.20 bits per heavy atom. The van der Waals surface area contributed by atoms with Gasteiger partial charge in [0.05, 0.1) is 0 Å². The first-order chi connectivity index (χ1) is 7.34. The summed E-state index contributed by atoms with van der Waals surface area (Å²) in [7, 11) is 0. The SMILES string of the molecule is Brc1ccc(NC2=NCCCC[Se]2)cc1. The average Bonchev–Trinajstić information content (AvgIpc) is 2.50. The van der Waals surface area contributed by atoms with Gasteiger partial charge in [-0.05, 0) is 0 Å². The van der Waals surface area contributed by atoms with Crippen molar-refractivity contribution in [3.05, 3.63) is 28.7 Å². The molecule has 4 heteroatoms. The molecule has 0 saturated carbocycles. The number of hydrogen-bond donors (Lipinski definition) is 1. The number of amidine groups is 1. The summed E-state index contributed by atoms with van der Waals surface area (Å²) in [5.41, 5.74) is 1.14. The summed E-state index contributed by atoms with van der Waals surface area (Å²) < 4.78 is 2.31. The molecule has 15 heavy (non-hydrogen) atoms. The van der Waals surface area contributed by atoms with Gasteiger partial charge in [0.2, 0.25) is 0 Å². The topological polar surface area (TPSA) is 24.4 Å². The molecule has 1 aromatic rings. The third-order valence-electron chi connectivity index (χ3n) is 2.14. The minimum atomic E-state index is 0.531. The van der Waals surface area contributed by atoms with Gasteiger partial charge in [0.25, 0.3) is 0 Å². The van der Waals surface area contributed by atoms with Gasteiger partial charge in [-0.2, -0.15) is 0 Å². The molecule has 2 rings (SSSR count). The van der Waals surface area contributed by atoms with Crippen LogP contribution in [0.5, 0.6) is 0 Å². The number of nitrogens with one attached hydrogen (secondary N) is 1. The first-order valence-electron chi connectivity index (χ1n) is 5.04. The van der Waals surface area contributed by atoms with Crippen LogP contribution in [0.3, 0.4) is 0 Å². The molecule has 0 saturated heterocycles. The number of nitrogens with zero attached hydrogens (tertiary/aromatic N) is 1. The molecule has 0 amide bonds. The molecular weight excluding hydrogens is 319 g/mol. The third kappa shape index (κ3) is 3.63. The van der Waals surface area contributed by atoms with Crippen LogP contribution in [-0.2, 0) is 0 Å².